The maximum Gasteiger partial charge on any atom is 0.419 e. The van der Waals surface area contributed by atoms with Crippen molar-refractivity contribution in [1.82, 2.24) is 0 Å². The molecule has 4 heteroatoms. The molecule has 1 aromatic rings. The van der Waals surface area contributed by atoms with E-state index < -0.39 is 17.6 Å². The van der Waals surface area contributed by atoms with E-state index >= 15 is 0 Å². The summed E-state index contributed by atoms with van der Waals surface area (Å²) in [6.45, 7) is 5.64. The van der Waals surface area contributed by atoms with Crippen LogP contribution in [0.1, 0.15) is 36.8 Å². The van der Waals surface area contributed by atoms with Crippen LogP contribution in [0.5, 0.6) is 0 Å². The fourth-order valence-corrected chi connectivity index (χ4v) is 2.40. The second-order valence-corrected chi connectivity index (χ2v) is 5.49. The number of rotatable bonds is 4. The fraction of sp³-hybridized carbons (Fsp3) is 0.375. The van der Waals surface area contributed by atoms with Gasteiger partial charge in [0.2, 0.25) is 0 Å². The Balaban J connectivity index is 2.38. The first-order chi connectivity index (χ1) is 9.28. The molecule has 1 fully saturated rings. The first-order valence-corrected chi connectivity index (χ1v) is 6.44. The second kappa shape index (κ2) is 5.08. The molecule has 1 aromatic carbocycles. The summed E-state index contributed by atoms with van der Waals surface area (Å²) in [5.74, 6) is -1.30. The largest absolute Gasteiger partial charge is 0.419 e. The van der Waals surface area contributed by atoms with Crippen molar-refractivity contribution in [1.29, 1.82) is 0 Å². The Morgan fingerprint density at radius 2 is 1.95 bits per heavy atom. The second-order valence-electron chi connectivity index (χ2n) is 5.49. The van der Waals surface area contributed by atoms with Crippen molar-refractivity contribution in [3.05, 3.63) is 60.0 Å². The molecule has 0 amide bonds. The van der Waals surface area contributed by atoms with Gasteiger partial charge in [0.15, 0.2) is 0 Å². The molecule has 1 saturated carbocycles. The summed E-state index contributed by atoms with van der Waals surface area (Å²) in [4.78, 5) is 0. The molecule has 2 rings (SSSR count). The minimum Gasteiger partial charge on any atom is -0.206 e. The summed E-state index contributed by atoms with van der Waals surface area (Å²) in [5.41, 5.74) is -0.631. The van der Waals surface area contributed by atoms with Crippen molar-refractivity contribution in [3.63, 3.8) is 0 Å². The molecule has 1 aliphatic carbocycles. The molecule has 0 heterocycles. The van der Waals surface area contributed by atoms with Crippen molar-refractivity contribution >= 4 is 0 Å². The maximum atomic E-state index is 13.7. The van der Waals surface area contributed by atoms with E-state index in [4.69, 9.17) is 0 Å². The van der Waals surface area contributed by atoms with Crippen molar-refractivity contribution in [2.24, 2.45) is 5.41 Å². The van der Waals surface area contributed by atoms with Gasteiger partial charge in [-0.25, -0.2) is 4.39 Å². The highest BCUT2D eigenvalue weighted by molar-refractivity contribution is 5.34. The molecule has 0 nitrogen and oxygen atoms in total. The fourth-order valence-electron chi connectivity index (χ4n) is 2.40. The van der Waals surface area contributed by atoms with Gasteiger partial charge in [-0.3, -0.25) is 0 Å². The molecule has 0 aromatic heterocycles. The van der Waals surface area contributed by atoms with Gasteiger partial charge in [0.1, 0.15) is 5.82 Å². The van der Waals surface area contributed by atoms with Crippen LogP contribution >= 0.6 is 0 Å². The van der Waals surface area contributed by atoms with E-state index in [0.29, 0.717) is 5.56 Å². The summed E-state index contributed by atoms with van der Waals surface area (Å²) < 4.78 is 51.4. The quantitative estimate of drug-likeness (QED) is 0.508. The number of halogens is 4. The van der Waals surface area contributed by atoms with Crippen LogP contribution < -0.4 is 0 Å². The Labute approximate surface area is 115 Å². The summed E-state index contributed by atoms with van der Waals surface area (Å²) in [6.07, 6.45) is 2.56. The molecule has 0 spiro atoms. The summed E-state index contributed by atoms with van der Waals surface area (Å²) >= 11 is 0. The van der Waals surface area contributed by atoms with E-state index in [0.717, 1.165) is 25.0 Å². The number of hydrogen-bond donors (Lipinski definition) is 0. The average Bonchev–Trinajstić information content (AvgIpc) is 3.07. The molecule has 1 atom stereocenters. The highest BCUT2D eigenvalue weighted by Gasteiger charge is 2.44. The number of hydrogen-bond acceptors (Lipinski definition) is 0. The van der Waals surface area contributed by atoms with E-state index in [-0.39, 0.29) is 11.3 Å². The molecule has 20 heavy (non-hydrogen) atoms. The summed E-state index contributed by atoms with van der Waals surface area (Å²) in [6, 6.07) is 3.20. The average molecular weight is 284 g/mol. The monoisotopic (exact) mass is 284 g/mol. The number of allylic oxidation sites excluding steroid dienone is 3. The third-order valence-electron chi connectivity index (χ3n) is 3.89. The van der Waals surface area contributed by atoms with Crippen LogP contribution in [0, 0.1) is 11.2 Å². The van der Waals surface area contributed by atoms with Crippen LogP contribution in [0.3, 0.4) is 0 Å². The van der Waals surface area contributed by atoms with Gasteiger partial charge in [0.05, 0.1) is 5.56 Å². The van der Waals surface area contributed by atoms with Crippen LogP contribution in [0.4, 0.5) is 17.6 Å². The highest BCUT2D eigenvalue weighted by atomic mass is 19.4. The lowest BCUT2D eigenvalue weighted by molar-refractivity contribution is -0.140. The minimum absolute atomic E-state index is 0.00565. The van der Waals surface area contributed by atoms with Crippen molar-refractivity contribution in [3.8, 4) is 0 Å². The molecule has 0 saturated heterocycles. The van der Waals surface area contributed by atoms with Gasteiger partial charge in [-0.05, 0) is 36.0 Å². The molecule has 0 radical (unpaired) electrons. The summed E-state index contributed by atoms with van der Waals surface area (Å²) in [7, 11) is 0. The van der Waals surface area contributed by atoms with Gasteiger partial charge >= 0.3 is 6.18 Å². The zero-order valence-corrected chi connectivity index (χ0v) is 11.2. The molecular formula is C16H16F4. The molecule has 108 valence electrons. The third-order valence-corrected chi connectivity index (χ3v) is 3.89. The SMILES string of the molecule is C=C/C=C/C(c1ccc(C(F)(F)F)c(F)c1)C1(C)CC1. The van der Waals surface area contributed by atoms with Crippen molar-refractivity contribution in [2.45, 2.75) is 31.9 Å². The Bertz CT molecular complexity index is 536. The topological polar surface area (TPSA) is 0 Å². The van der Waals surface area contributed by atoms with Gasteiger partial charge in [0.25, 0.3) is 0 Å². The third kappa shape index (κ3) is 2.94. The molecule has 1 unspecified atom stereocenters. The van der Waals surface area contributed by atoms with Crippen LogP contribution in [0.15, 0.2) is 43.0 Å². The van der Waals surface area contributed by atoms with Gasteiger partial charge in [0, 0.05) is 5.92 Å². The number of benzene rings is 1. The van der Waals surface area contributed by atoms with E-state index in [1.165, 1.54) is 6.07 Å². The first-order valence-electron chi connectivity index (χ1n) is 6.44. The van der Waals surface area contributed by atoms with Crippen molar-refractivity contribution in [2.75, 3.05) is 0 Å². The van der Waals surface area contributed by atoms with Crippen molar-refractivity contribution < 1.29 is 17.6 Å². The maximum absolute atomic E-state index is 13.7. The molecule has 0 N–H and O–H groups in total. The zero-order chi connectivity index (χ0) is 15.0. The Hall–Kier alpha value is -1.58. The Kier molecular flexibility index (Phi) is 3.76. The minimum atomic E-state index is -4.65. The Morgan fingerprint density at radius 3 is 2.40 bits per heavy atom. The van der Waals surface area contributed by atoms with Crippen LogP contribution in [-0.4, -0.2) is 0 Å². The van der Waals surface area contributed by atoms with E-state index in [2.05, 4.69) is 13.5 Å². The smallest absolute Gasteiger partial charge is 0.206 e. The van der Waals surface area contributed by atoms with Crippen LogP contribution in [0.25, 0.3) is 0 Å². The van der Waals surface area contributed by atoms with Gasteiger partial charge < -0.3 is 0 Å². The van der Waals surface area contributed by atoms with Gasteiger partial charge in [-0.15, -0.1) is 0 Å². The zero-order valence-electron chi connectivity index (χ0n) is 11.2. The number of alkyl halides is 3. The normalized spacial score (nSPS) is 19.1. The van der Waals surface area contributed by atoms with E-state index in [1.54, 1.807) is 12.2 Å². The molecule has 1 aliphatic rings. The van der Waals surface area contributed by atoms with Crippen LogP contribution in [0.2, 0.25) is 0 Å². The lowest BCUT2D eigenvalue weighted by Gasteiger charge is -2.21. The molecular weight excluding hydrogens is 268 g/mol. The molecule has 0 aliphatic heterocycles. The predicted octanol–water partition coefficient (Wildman–Crippen LogP) is 5.47. The van der Waals surface area contributed by atoms with E-state index in [1.807, 2.05) is 6.08 Å². The van der Waals surface area contributed by atoms with E-state index in [9.17, 15) is 17.6 Å². The van der Waals surface area contributed by atoms with Crippen LogP contribution in [-0.2, 0) is 6.18 Å². The predicted molar refractivity (Wildman–Crippen MR) is 70.8 cm³/mol. The first kappa shape index (κ1) is 14.8. The standard InChI is InChI=1S/C16H16F4/c1-3-4-5-12(15(2)8-9-15)11-6-7-13(14(17)10-11)16(18,19)20/h3-7,10,12H,1,8-9H2,2H3/b5-4+. The lowest BCUT2D eigenvalue weighted by atomic mass is 9.83. The lowest BCUT2D eigenvalue weighted by Crippen LogP contribution is -2.12. The van der Waals surface area contributed by atoms with Gasteiger partial charge in [-0.1, -0.05) is 37.8 Å². The highest BCUT2D eigenvalue weighted by Crippen LogP contribution is 2.56. The summed E-state index contributed by atoms with van der Waals surface area (Å²) in [5, 5.41) is 0. The van der Waals surface area contributed by atoms with Gasteiger partial charge in [-0.2, -0.15) is 13.2 Å². The molecule has 0 bridgehead atoms. The Morgan fingerprint density at radius 1 is 1.30 bits per heavy atom.